The van der Waals surface area contributed by atoms with Crippen LogP contribution in [0.3, 0.4) is 0 Å². The molecule has 30 heavy (non-hydrogen) atoms. The third-order valence-electron chi connectivity index (χ3n) is 5.45. The molecule has 0 bridgehead atoms. The standard InChI is InChI=1S/C23H24BrF2NO3/c24-19-7-11-29-22-13-21(28)20(26)12-18(22)23(19)15-2-4-16(5-3-15)30-17-6-10-27(14-17)9-1-8-25/h2-5,12-13,17,28H,1,6-11,14H2. The van der Waals surface area contributed by atoms with E-state index in [1.165, 1.54) is 12.1 Å². The number of hydrogen-bond acceptors (Lipinski definition) is 4. The second-order valence-electron chi connectivity index (χ2n) is 7.57. The third-order valence-corrected chi connectivity index (χ3v) is 6.24. The molecule has 7 heteroatoms. The van der Waals surface area contributed by atoms with Crippen molar-refractivity contribution in [3.63, 3.8) is 0 Å². The zero-order valence-corrected chi connectivity index (χ0v) is 18.1. The van der Waals surface area contributed by atoms with Crippen molar-refractivity contribution in [1.29, 1.82) is 0 Å². The molecule has 1 N–H and O–H groups in total. The normalized spacial score (nSPS) is 19.4. The van der Waals surface area contributed by atoms with E-state index in [2.05, 4.69) is 20.8 Å². The Morgan fingerprint density at radius 1 is 1.23 bits per heavy atom. The van der Waals surface area contributed by atoms with Gasteiger partial charge in [-0.1, -0.05) is 28.1 Å². The minimum Gasteiger partial charge on any atom is -0.505 e. The van der Waals surface area contributed by atoms with Crippen LogP contribution in [0.25, 0.3) is 5.57 Å². The summed E-state index contributed by atoms with van der Waals surface area (Å²) in [6, 6.07) is 10.3. The van der Waals surface area contributed by atoms with E-state index in [0.29, 0.717) is 30.8 Å². The molecule has 2 heterocycles. The van der Waals surface area contributed by atoms with E-state index >= 15 is 0 Å². The van der Waals surface area contributed by atoms with Crippen LogP contribution in [0.5, 0.6) is 17.2 Å². The first kappa shape index (κ1) is 21.1. The summed E-state index contributed by atoms with van der Waals surface area (Å²) in [6.07, 6.45) is 2.24. The number of phenolic OH excluding ortho intramolecular Hbond substituents is 1. The molecule has 160 valence electrons. The summed E-state index contributed by atoms with van der Waals surface area (Å²) in [5.41, 5.74) is 2.34. The van der Waals surface area contributed by atoms with Gasteiger partial charge in [-0.05, 0) is 36.6 Å². The lowest BCUT2D eigenvalue weighted by molar-refractivity contribution is 0.198. The molecule has 1 fully saturated rings. The van der Waals surface area contributed by atoms with Gasteiger partial charge in [0.15, 0.2) is 11.6 Å². The van der Waals surface area contributed by atoms with Gasteiger partial charge in [0.2, 0.25) is 0 Å². The van der Waals surface area contributed by atoms with E-state index in [0.717, 1.165) is 47.4 Å². The monoisotopic (exact) mass is 479 g/mol. The highest BCUT2D eigenvalue weighted by Crippen LogP contribution is 2.41. The maximum absolute atomic E-state index is 14.1. The average Bonchev–Trinajstić information content (AvgIpc) is 3.11. The summed E-state index contributed by atoms with van der Waals surface area (Å²) in [5, 5.41) is 9.71. The molecule has 2 aliphatic rings. The van der Waals surface area contributed by atoms with Gasteiger partial charge in [0.1, 0.15) is 17.6 Å². The fraction of sp³-hybridized carbons (Fsp3) is 0.391. The van der Waals surface area contributed by atoms with Crippen molar-refractivity contribution in [2.45, 2.75) is 25.4 Å². The van der Waals surface area contributed by atoms with E-state index in [9.17, 15) is 13.9 Å². The first-order chi connectivity index (χ1) is 14.5. The highest BCUT2D eigenvalue weighted by Gasteiger charge is 2.24. The van der Waals surface area contributed by atoms with Crippen molar-refractivity contribution >= 4 is 21.5 Å². The highest BCUT2D eigenvalue weighted by atomic mass is 79.9. The largest absolute Gasteiger partial charge is 0.505 e. The fourth-order valence-corrected chi connectivity index (χ4v) is 4.57. The van der Waals surface area contributed by atoms with Crippen LogP contribution in [0.2, 0.25) is 0 Å². The Balaban J connectivity index is 1.52. The number of likely N-dealkylation sites (tertiary alicyclic amines) is 1. The van der Waals surface area contributed by atoms with Crippen LogP contribution in [-0.4, -0.2) is 49.0 Å². The first-order valence-electron chi connectivity index (χ1n) is 10.1. The van der Waals surface area contributed by atoms with Crippen LogP contribution in [0, 0.1) is 5.82 Å². The Labute approximate surface area is 183 Å². The summed E-state index contributed by atoms with van der Waals surface area (Å²) in [5.74, 6) is 0.121. The van der Waals surface area contributed by atoms with Crippen LogP contribution in [0.4, 0.5) is 8.78 Å². The molecule has 4 nitrogen and oxygen atoms in total. The highest BCUT2D eigenvalue weighted by molar-refractivity contribution is 9.11. The van der Waals surface area contributed by atoms with E-state index in [4.69, 9.17) is 9.47 Å². The third kappa shape index (κ3) is 4.62. The number of aromatic hydroxyl groups is 1. The van der Waals surface area contributed by atoms with Crippen LogP contribution in [0.1, 0.15) is 30.4 Å². The topological polar surface area (TPSA) is 41.9 Å². The minimum absolute atomic E-state index is 0.102. The van der Waals surface area contributed by atoms with Gasteiger partial charge in [0.25, 0.3) is 0 Å². The predicted octanol–water partition coefficient (Wildman–Crippen LogP) is 5.28. The molecule has 1 atom stereocenters. The smallest absolute Gasteiger partial charge is 0.165 e. The Hall–Kier alpha value is -2.12. The second-order valence-corrected chi connectivity index (χ2v) is 8.53. The van der Waals surface area contributed by atoms with Gasteiger partial charge in [0.05, 0.1) is 13.3 Å². The number of nitrogens with zero attached hydrogens (tertiary/aromatic N) is 1. The van der Waals surface area contributed by atoms with E-state index < -0.39 is 11.6 Å². The molecule has 4 rings (SSSR count). The Bertz CT molecular complexity index is 933. The van der Waals surface area contributed by atoms with Gasteiger partial charge in [-0.2, -0.15) is 0 Å². The maximum Gasteiger partial charge on any atom is 0.165 e. The van der Waals surface area contributed by atoms with Gasteiger partial charge in [-0.25, -0.2) is 4.39 Å². The molecule has 0 amide bonds. The molecular weight excluding hydrogens is 456 g/mol. The second kappa shape index (κ2) is 9.35. The number of benzene rings is 2. The van der Waals surface area contributed by atoms with Gasteiger partial charge < -0.3 is 14.6 Å². The van der Waals surface area contributed by atoms with E-state index in [-0.39, 0.29) is 12.8 Å². The van der Waals surface area contributed by atoms with Crippen LogP contribution < -0.4 is 9.47 Å². The van der Waals surface area contributed by atoms with Gasteiger partial charge in [-0.15, -0.1) is 0 Å². The molecule has 1 saturated heterocycles. The lowest BCUT2D eigenvalue weighted by Crippen LogP contribution is -2.26. The predicted molar refractivity (Wildman–Crippen MR) is 116 cm³/mol. The van der Waals surface area contributed by atoms with Crippen molar-refractivity contribution in [3.05, 3.63) is 57.8 Å². The van der Waals surface area contributed by atoms with Crippen LogP contribution >= 0.6 is 15.9 Å². The lowest BCUT2D eigenvalue weighted by Gasteiger charge is -2.17. The summed E-state index contributed by atoms with van der Waals surface area (Å²) in [6.45, 7) is 2.66. The molecule has 2 aliphatic heterocycles. The Morgan fingerprint density at radius 2 is 2.03 bits per heavy atom. The van der Waals surface area contributed by atoms with Crippen LogP contribution in [-0.2, 0) is 0 Å². The number of alkyl halides is 1. The molecule has 0 aromatic heterocycles. The number of phenols is 1. The molecule has 0 radical (unpaired) electrons. The van der Waals surface area contributed by atoms with E-state index in [1.54, 1.807) is 0 Å². The average molecular weight is 480 g/mol. The number of fused-ring (bicyclic) bond motifs is 1. The SMILES string of the molecule is Oc1cc2c(cc1F)C(c1ccc(OC3CCN(CCCF)C3)cc1)=C(Br)CCO2. The molecule has 2 aromatic carbocycles. The number of rotatable bonds is 6. The quantitative estimate of drug-likeness (QED) is 0.611. The summed E-state index contributed by atoms with van der Waals surface area (Å²) < 4.78 is 39.2. The lowest BCUT2D eigenvalue weighted by atomic mass is 9.96. The van der Waals surface area contributed by atoms with Crippen molar-refractivity contribution < 1.29 is 23.4 Å². The molecule has 1 unspecified atom stereocenters. The van der Waals surface area contributed by atoms with E-state index in [1.807, 2.05) is 24.3 Å². The Morgan fingerprint density at radius 3 is 2.80 bits per heavy atom. The number of hydrogen-bond donors (Lipinski definition) is 1. The Kier molecular flexibility index (Phi) is 6.58. The summed E-state index contributed by atoms with van der Waals surface area (Å²) in [7, 11) is 0. The number of ether oxygens (including phenoxy) is 2. The van der Waals surface area contributed by atoms with Crippen molar-refractivity contribution in [2.75, 3.05) is 32.9 Å². The van der Waals surface area contributed by atoms with Crippen molar-refractivity contribution in [2.24, 2.45) is 0 Å². The molecule has 0 aliphatic carbocycles. The molecule has 0 saturated carbocycles. The zero-order valence-electron chi connectivity index (χ0n) is 16.5. The minimum atomic E-state index is -0.685. The van der Waals surface area contributed by atoms with Gasteiger partial charge in [-0.3, -0.25) is 9.29 Å². The molecule has 0 spiro atoms. The summed E-state index contributed by atoms with van der Waals surface area (Å²) in [4.78, 5) is 2.23. The fourth-order valence-electron chi connectivity index (χ4n) is 3.96. The summed E-state index contributed by atoms with van der Waals surface area (Å²) >= 11 is 3.62. The zero-order chi connectivity index (χ0) is 21.1. The van der Waals surface area contributed by atoms with Gasteiger partial charge in [0, 0.05) is 47.7 Å². The number of halogens is 3. The molecular formula is C23H24BrF2NO3. The maximum atomic E-state index is 14.1. The first-order valence-corrected chi connectivity index (χ1v) is 10.9. The van der Waals surface area contributed by atoms with Gasteiger partial charge >= 0.3 is 0 Å². The molecule has 2 aromatic rings. The van der Waals surface area contributed by atoms with Crippen LogP contribution in [0.15, 0.2) is 40.9 Å². The van der Waals surface area contributed by atoms with Crippen molar-refractivity contribution in [3.8, 4) is 17.2 Å². The van der Waals surface area contributed by atoms with Crippen molar-refractivity contribution in [1.82, 2.24) is 4.90 Å².